The van der Waals surface area contributed by atoms with Gasteiger partial charge in [0.15, 0.2) is 0 Å². The predicted octanol–water partition coefficient (Wildman–Crippen LogP) is 4.46. The fourth-order valence-electron chi connectivity index (χ4n) is 5.33. The molecule has 0 aliphatic carbocycles. The molecule has 4 atom stereocenters. The van der Waals surface area contributed by atoms with Gasteiger partial charge in [0.05, 0.1) is 17.3 Å². The quantitative estimate of drug-likeness (QED) is 0.556. The molecule has 33 heavy (non-hydrogen) atoms. The fourth-order valence-corrected chi connectivity index (χ4v) is 6.39. The smallest absolute Gasteiger partial charge is 0.275 e. The maximum absolute atomic E-state index is 13.2. The number of piperidine rings is 1. The van der Waals surface area contributed by atoms with Gasteiger partial charge in [-0.2, -0.15) is 0 Å². The lowest BCUT2D eigenvalue weighted by Gasteiger charge is -2.36. The van der Waals surface area contributed by atoms with Crippen LogP contribution in [0.1, 0.15) is 55.9 Å². The summed E-state index contributed by atoms with van der Waals surface area (Å²) in [5.41, 5.74) is 2.52. The first-order chi connectivity index (χ1) is 15.9. The fraction of sp³-hybridized carbons (Fsp3) is 0.538. The normalized spacial score (nSPS) is 23.8. The van der Waals surface area contributed by atoms with Gasteiger partial charge in [-0.1, -0.05) is 6.92 Å². The van der Waals surface area contributed by atoms with E-state index in [0.717, 1.165) is 53.1 Å². The van der Waals surface area contributed by atoms with Gasteiger partial charge in [0, 0.05) is 17.0 Å². The van der Waals surface area contributed by atoms with Gasteiger partial charge in [0.2, 0.25) is 0 Å². The van der Waals surface area contributed by atoms with E-state index in [1.807, 2.05) is 38.1 Å². The number of hydrogen-bond acceptors (Lipinski definition) is 6. The molecule has 6 nitrogen and oxygen atoms in total. The van der Waals surface area contributed by atoms with Crippen molar-refractivity contribution in [2.24, 2.45) is 0 Å². The zero-order chi connectivity index (χ0) is 23.1. The van der Waals surface area contributed by atoms with Crippen molar-refractivity contribution in [3.8, 4) is 11.4 Å². The van der Waals surface area contributed by atoms with Crippen LogP contribution in [0, 0.1) is 6.92 Å². The van der Waals surface area contributed by atoms with Crippen LogP contribution in [0.3, 0.4) is 0 Å². The lowest BCUT2D eigenvalue weighted by Crippen LogP contribution is -2.43. The Morgan fingerprint density at radius 1 is 1.24 bits per heavy atom. The van der Waals surface area contributed by atoms with Crippen molar-refractivity contribution in [1.82, 2.24) is 14.5 Å². The van der Waals surface area contributed by atoms with E-state index in [-0.39, 0.29) is 17.8 Å². The molecule has 0 radical (unpaired) electrons. The Labute approximate surface area is 198 Å². The molecule has 2 fully saturated rings. The number of benzene rings is 1. The van der Waals surface area contributed by atoms with E-state index in [9.17, 15) is 9.90 Å². The third-order valence-corrected chi connectivity index (χ3v) is 8.64. The molecule has 2 unspecified atom stereocenters. The van der Waals surface area contributed by atoms with Gasteiger partial charge in [-0.25, -0.2) is 4.98 Å². The molecule has 1 N–H and O–H groups in total. The van der Waals surface area contributed by atoms with E-state index >= 15 is 0 Å². The van der Waals surface area contributed by atoms with Gasteiger partial charge in [-0.05, 0) is 88.7 Å². The Kier molecular flexibility index (Phi) is 6.29. The highest BCUT2D eigenvalue weighted by Gasteiger charge is 2.39. The number of aliphatic hydroxyl groups excluding tert-OH is 1. The Hall–Kier alpha value is -2.22. The number of hydrogen-bond donors (Lipinski definition) is 1. The van der Waals surface area contributed by atoms with Crippen molar-refractivity contribution in [2.75, 3.05) is 7.05 Å². The van der Waals surface area contributed by atoms with Crippen molar-refractivity contribution in [3.63, 3.8) is 0 Å². The topological polar surface area (TPSA) is 67.6 Å². The van der Waals surface area contributed by atoms with Gasteiger partial charge in [-0.15, -0.1) is 11.3 Å². The van der Waals surface area contributed by atoms with E-state index in [4.69, 9.17) is 4.74 Å². The van der Waals surface area contributed by atoms with Crippen molar-refractivity contribution in [2.45, 2.75) is 83.1 Å². The molecule has 4 heterocycles. The van der Waals surface area contributed by atoms with Crippen LogP contribution in [0.4, 0.5) is 0 Å². The largest absolute Gasteiger partial charge is 0.490 e. The van der Waals surface area contributed by atoms with Crippen molar-refractivity contribution >= 4 is 21.6 Å². The third-order valence-electron chi connectivity index (χ3n) is 7.47. The molecule has 3 aromatic rings. The average molecular weight is 468 g/mol. The highest BCUT2D eigenvalue weighted by atomic mass is 32.1. The van der Waals surface area contributed by atoms with Crippen molar-refractivity contribution in [3.05, 3.63) is 51.4 Å². The standard InChI is InChI=1S/C26H33N3O3S/c1-4-20(30)8-9-22-14-23-25(33-22)26(31)29(15-27-23)19-7-10-24(16(2)11-19)32-21-12-17-5-6-18(13-21)28(17)3/h7,10-11,14-15,17-18,20-21,30H,4-6,8-9,12-13H2,1-3H3/t17-,18+,20?,21?. The molecular formula is C26H33N3O3S. The number of thiophene rings is 1. The second kappa shape index (κ2) is 9.20. The summed E-state index contributed by atoms with van der Waals surface area (Å²) < 4.78 is 8.70. The number of fused-ring (bicyclic) bond motifs is 3. The van der Waals surface area contributed by atoms with E-state index < -0.39 is 0 Å². The van der Waals surface area contributed by atoms with E-state index in [1.165, 1.54) is 24.2 Å². The molecule has 1 aromatic carbocycles. The molecule has 0 spiro atoms. The number of aliphatic hydroxyl groups is 1. The second-order valence-corrected chi connectivity index (χ2v) is 10.8. The Balaban J connectivity index is 1.35. The lowest BCUT2D eigenvalue weighted by molar-refractivity contribution is 0.0657. The molecule has 2 saturated heterocycles. The molecule has 7 heteroatoms. The average Bonchev–Trinajstić information content (AvgIpc) is 3.30. The number of ether oxygens (including phenoxy) is 1. The van der Waals surface area contributed by atoms with E-state index in [2.05, 4.69) is 16.9 Å². The van der Waals surface area contributed by atoms with Gasteiger partial charge < -0.3 is 14.7 Å². The Morgan fingerprint density at radius 2 is 2.00 bits per heavy atom. The maximum atomic E-state index is 13.2. The number of aromatic nitrogens is 2. The van der Waals surface area contributed by atoms with Crippen LogP contribution in [-0.2, 0) is 6.42 Å². The molecule has 2 aliphatic rings. The first-order valence-corrected chi connectivity index (χ1v) is 12.9. The number of nitrogens with zero attached hydrogens (tertiary/aromatic N) is 3. The monoisotopic (exact) mass is 467 g/mol. The molecule has 176 valence electrons. The summed E-state index contributed by atoms with van der Waals surface area (Å²) in [4.78, 5) is 21.4. The van der Waals surface area contributed by atoms with Crippen molar-refractivity contribution < 1.29 is 9.84 Å². The first kappa shape index (κ1) is 22.6. The van der Waals surface area contributed by atoms with Crippen LogP contribution in [-0.4, -0.2) is 50.9 Å². The Bertz CT molecular complexity index is 1190. The minimum Gasteiger partial charge on any atom is -0.490 e. The summed E-state index contributed by atoms with van der Waals surface area (Å²) in [5.74, 6) is 0.905. The summed E-state index contributed by atoms with van der Waals surface area (Å²) >= 11 is 1.49. The lowest BCUT2D eigenvalue weighted by atomic mass is 10.0. The summed E-state index contributed by atoms with van der Waals surface area (Å²) in [6, 6.07) is 9.22. The summed E-state index contributed by atoms with van der Waals surface area (Å²) in [7, 11) is 2.24. The molecule has 5 rings (SSSR count). The SMILES string of the molecule is CCC(O)CCc1cc2ncn(-c3ccc(OC4C[C@H]5CC[C@@H](C4)N5C)c(C)c3)c(=O)c2s1. The highest BCUT2D eigenvalue weighted by molar-refractivity contribution is 7.18. The first-order valence-electron chi connectivity index (χ1n) is 12.1. The van der Waals surface area contributed by atoms with Gasteiger partial charge >= 0.3 is 0 Å². The molecule has 0 saturated carbocycles. The minimum atomic E-state index is -0.298. The zero-order valence-electron chi connectivity index (χ0n) is 19.7. The second-order valence-electron chi connectivity index (χ2n) is 9.66. The summed E-state index contributed by atoms with van der Waals surface area (Å²) in [6.07, 6.45) is 8.53. The van der Waals surface area contributed by atoms with Crippen LogP contribution in [0.5, 0.6) is 5.75 Å². The molecule has 2 aliphatic heterocycles. The van der Waals surface area contributed by atoms with Gasteiger partial charge in [0.1, 0.15) is 22.9 Å². The molecule has 2 bridgehead atoms. The summed E-state index contributed by atoms with van der Waals surface area (Å²) in [6.45, 7) is 4.02. The van der Waals surface area contributed by atoms with Crippen LogP contribution < -0.4 is 10.3 Å². The Morgan fingerprint density at radius 3 is 2.70 bits per heavy atom. The van der Waals surface area contributed by atoms with E-state index in [0.29, 0.717) is 23.2 Å². The summed E-state index contributed by atoms with van der Waals surface area (Å²) in [5, 5.41) is 9.84. The number of rotatable bonds is 7. The molecular weight excluding hydrogens is 434 g/mol. The van der Waals surface area contributed by atoms with Crippen LogP contribution in [0.2, 0.25) is 0 Å². The zero-order valence-corrected chi connectivity index (χ0v) is 20.5. The number of aryl methyl sites for hydroxylation is 2. The highest BCUT2D eigenvalue weighted by Crippen LogP contribution is 2.36. The van der Waals surface area contributed by atoms with Crippen molar-refractivity contribution in [1.29, 1.82) is 0 Å². The molecule has 0 amide bonds. The predicted molar refractivity (Wildman–Crippen MR) is 133 cm³/mol. The minimum absolute atomic E-state index is 0.0488. The van der Waals surface area contributed by atoms with Gasteiger partial charge in [0.25, 0.3) is 5.56 Å². The van der Waals surface area contributed by atoms with Crippen LogP contribution in [0.15, 0.2) is 35.4 Å². The van der Waals surface area contributed by atoms with Crippen LogP contribution >= 0.6 is 11.3 Å². The van der Waals surface area contributed by atoms with Crippen LogP contribution in [0.25, 0.3) is 15.9 Å². The maximum Gasteiger partial charge on any atom is 0.275 e. The van der Waals surface area contributed by atoms with Gasteiger partial charge in [-0.3, -0.25) is 9.36 Å². The molecule has 2 aromatic heterocycles. The third kappa shape index (κ3) is 4.46. The van der Waals surface area contributed by atoms with E-state index in [1.54, 1.807) is 10.9 Å².